The molecule has 0 amide bonds. The summed E-state index contributed by atoms with van der Waals surface area (Å²) < 4.78 is 32.5. The van der Waals surface area contributed by atoms with Gasteiger partial charge in [0.1, 0.15) is 11.8 Å². The third-order valence-corrected chi connectivity index (χ3v) is 11.5. The monoisotopic (exact) mass is 718 g/mol. The molecule has 0 saturated heterocycles. The highest BCUT2D eigenvalue weighted by atomic mass is 19.1. The van der Waals surface area contributed by atoms with Gasteiger partial charge in [-0.25, -0.2) is 9.18 Å². The molecule has 0 aliphatic heterocycles. The molecule has 0 radical (unpaired) electrons. The van der Waals surface area contributed by atoms with E-state index in [1.807, 2.05) is 0 Å². The molecule has 5 N–H and O–H groups in total. The van der Waals surface area contributed by atoms with E-state index in [9.17, 15) is 44.6 Å². The van der Waals surface area contributed by atoms with Crippen molar-refractivity contribution in [1.82, 2.24) is 0 Å². The molecule has 1 aromatic carbocycles. The Morgan fingerprint density at radius 1 is 1.08 bits per heavy atom. The quantitative estimate of drug-likeness (QED) is 0.0753. The number of aliphatic hydroxyl groups excluding tert-OH is 2. The van der Waals surface area contributed by atoms with Crippen LogP contribution in [-0.2, 0) is 35.1 Å². The summed E-state index contributed by atoms with van der Waals surface area (Å²) in [6, 6.07) is 4.89. The van der Waals surface area contributed by atoms with Crippen LogP contribution in [0.5, 0.6) is 5.75 Å². The van der Waals surface area contributed by atoms with Gasteiger partial charge in [-0.1, -0.05) is 30.7 Å². The van der Waals surface area contributed by atoms with E-state index >= 15 is 4.39 Å². The average molecular weight is 719 g/mol. The van der Waals surface area contributed by atoms with Crippen LogP contribution in [0, 0.1) is 32.8 Å². The average Bonchev–Trinajstić information content (AvgIpc) is 3.28. The number of fused-ring (bicyclic) bond motifs is 5. The summed E-state index contributed by atoms with van der Waals surface area (Å²) in [4.78, 5) is 64.6. The Morgan fingerprint density at radius 2 is 1.76 bits per heavy atom. The van der Waals surface area contributed by atoms with Crippen LogP contribution < -0.4 is 10.5 Å². The van der Waals surface area contributed by atoms with Crippen molar-refractivity contribution in [2.45, 2.75) is 88.3 Å². The number of ketones is 2. The molecule has 4 aliphatic rings. The topological polar surface area (TPSA) is 235 Å². The zero-order valence-corrected chi connectivity index (χ0v) is 28.3. The lowest BCUT2D eigenvalue weighted by Gasteiger charge is -2.62. The molecule has 0 unspecified atom stereocenters. The molecule has 4 aliphatic carbocycles. The first kappa shape index (κ1) is 38.0. The Morgan fingerprint density at radius 3 is 2.45 bits per heavy atom. The van der Waals surface area contributed by atoms with Gasteiger partial charge in [0.05, 0.1) is 25.4 Å². The van der Waals surface area contributed by atoms with E-state index in [1.54, 1.807) is 19.1 Å². The lowest BCUT2D eigenvalue weighted by molar-refractivity contribution is -0.757. The molecule has 9 atom stereocenters. The van der Waals surface area contributed by atoms with Gasteiger partial charge in [-0.15, -0.1) is 10.1 Å². The minimum Gasteiger partial charge on any atom is -0.465 e. The lowest BCUT2D eigenvalue weighted by atomic mass is 9.44. The van der Waals surface area contributed by atoms with Gasteiger partial charge in [-0.05, 0) is 87.6 Å². The fourth-order valence-corrected chi connectivity index (χ4v) is 8.74. The highest BCUT2D eigenvalue weighted by Gasteiger charge is 2.76. The summed E-state index contributed by atoms with van der Waals surface area (Å²) >= 11 is 0. The Balaban J connectivity index is 1.15. The number of carbonyl (C=O) groups is 4. The fourth-order valence-electron chi connectivity index (χ4n) is 8.74. The predicted octanol–water partition coefficient (Wildman–Crippen LogP) is 2.25. The number of hydrogen-bond acceptors (Lipinski definition) is 14. The number of allylic oxidation sites excluding steroid dienone is 4. The van der Waals surface area contributed by atoms with Crippen LogP contribution in [0.2, 0.25) is 0 Å². The number of halogens is 1. The number of esters is 1. The number of unbranched alkanes of at least 4 members (excludes halogenated alkanes) is 1. The molecule has 0 aromatic heterocycles. The second kappa shape index (κ2) is 14.4. The van der Waals surface area contributed by atoms with Gasteiger partial charge in [-0.3, -0.25) is 14.4 Å². The molecular weight excluding hydrogens is 675 g/mol. The van der Waals surface area contributed by atoms with Crippen LogP contribution in [0.1, 0.15) is 57.9 Å². The summed E-state index contributed by atoms with van der Waals surface area (Å²) in [6.07, 6.45) is 0.479. The van der Waals surface area contributed by atoms with Crippen molar-refractivity contribution >= 4 is 23.7 Å². The molecule has 3 saturated carbocycles. The summed E-state index contributed by atoms with van der Waals surface area (Å²) in [7, 11) is 0. The largest absolute Gasteiger partial charge is 0.514 e. The van der Waals surface area contributed by atoms with E-state index < -0.39 is 81.8 Å². The van der Waals surface area contributed by atoms with Crippen molar-refractivity contribution < 1.29 is 63.0 Å². The Bertz CT molecular complexity index is 1620. The zero-order chi connectivity index (χ0) is 37.4. The summed E-state index contributed by atoms with van der Waals surface area (Å²) in [5, 5.41) is 43.6. The second-order valence-electron chi connectivity index (χ2n) is 14.2. The third kappa shape index (κ3) is 6.77. The van der Waals surface area contributed by atoms with Gasteiger partial charge in [0, 0.05) is 16.7 Å². The molecule has 16 heteroatoms. The number of nitrogens with zero attached hydrogens (tertiary/aromatic N) is 1. The molecule has 278 valence electrons. The number of hydrogen-bond donors (Lipinski definition) is 4. The van der Waals surface area contributed by atoms with Gasteiger partial charge in [0.25, 0.3) is 5.09 Å². The van der Waals surface area contributed by atoms with Crippen molar-refractivity contribution in [3.63, 3.8) is 0 Å². The molecule has 1 aromatic rings. The molecule has 3 fully saturated rings. The number of Topliss-reactive ketones (excluding diaryl/α,β-unsaturated/α-hetero) is 1. The summed E-state index contributed by atoms with van der Waals surface area (Å²) in [6.45, 7) is 2.10. The lowest BCUT2D eigenvalue weighted by Crippen LogP contribution is -2.69. The van der Waals surface area contributed by atoms with Crippen LogP contribution in [0.15, 0.2) is 48.1 Å². The number of nitrogens with two attached hydrogens (primary N) is 1. The normalized spacial score (nSPS) is 34.3. The first-order valence-corrected chi connectivity index (χ1v) is 16.9. The highest BCUT2D eigenvalue weighted by molar-refractivity contribution is 6.01. The molecule has 5 rings (SSSR count). The fraction of sp³-hybridized carbons (Fsp3) is 0.600. The third-order valence-electron chi connectivity index (χ3n) is 11.5. The number of carbonyl (C=O) groups excluding carboxylic acids is 4. The molecular formula is C35H43FN2O13. The smallest absolute Gasteiger partial charge is 0.465 e. The van der Waals surface area contributed by atoms with E-state index in [0.29, 0.717) is 30.4 Å². The van der Waals surface area contributed by atoms with Crippen LogP contribution in [0.25, 0.3) is 0 Å². The van der Waals surface area contributed by atoms with Gasteiger partial charge in [0.2, 0.25) is 5.78 Å². The molecule has 51 heavy (non-hydrogen) atoms. The van der Waals surface area contributed by atoms with Gasteiger partial charge in [0.15, 0.2) is 23.7 Å². The minimum atomic E-state index is -2.47. The summed E-state index contributed by atoms with van der Waals surface area (Å²) in [5.74, 6) is -3.50. The first-order valence-electron chi connectivity index (χ1n) is 16.9. The molecule has 0 bridgehead atoms. The van der Waals surface area contributed by atoms with Gasteiger partial charge < -0.3 is 40.1 Å². The number of aliphatic hydroxyl groups is 3. The van der Waals surface area contributed by atoms with Crippen LogP contribution in [0.4, 0.5) is 9.18 Å². The first-order chi connectivity index (χ1) is 24.0. The van der Waals surface area contributed by atoms with E-state index in [-0.39, 0.29) is 50.4 Å². The molecule has 15 nitrogen and oxygen atoms in total. The highest BCUT2D eigenvalue weighted by Crippen LogP contribution is 2.69. The maximum atomic E-state index is 17.3. The van der Waals surface area contributed by atoms with Crippen molar-refractivity contribution in [3.8, 4) is 5.75 Å². The molecule has 0 spiro atoms. The minimum absolute atomic E-state index is 0.0158. The van der Waals surface area contributed by atoms with Gasteiger partial charge in [-0.2, -0.15) is 0 Å². The van der Waals surface area contributed by atoms with Crippen molar-refractivity contribution in [2.24, 2.45) is 28.4 Å². The summed E-state index contributed by atoms with van der Waals surface area (Å²) in [5.41, 5.74) is -0.371. The standard InChI is InChI=1S/C35H43FN2O13/c1-32-12-11-22(39)16-21(32)7-10-24-25-17-27(40)35(45,33(25,2)18-28(41)34(24,32)36)29(42)19-49-31(44)51-23-8-5-20(6-9-23)15-26(37)30(43)48-13-3-4-14-50-38(46)47/h5-6,8-9,11-12,16,24-28,40-41,45H,3-4,7,10,13-15,17-19,37H2,1-2H3/t24-,25-,26-,27+,28-,32-,33-,34-,35-/m0/s1. The number of alkyl halides is 1. The Kier molecular flexibility index (Phi) is 10.7. The second-order valence-corrected chi connectivity index (χ2v) is 14.2. The Hall–Kier alpha value is -4.25. The van der Waals surface area contributed by atoms with Gasteiger partial charge >= 0.3 is 12.1 Å². The van der Waals surface area contributed by atoms with Crippen molar-refractivity contribution in [1.29, 1.82) is 0 Å². The molecule has 0 heterocycles. The van der Waals surface area contributed by atoms with E-state index in [2.05, 4.69) is 4.84 Å². The number of ether oxygens (including phenoxy) is 3. The van der Waals surface area contributed by atoms with Crippen LogP contribution in [0.3, 0.4) is 0 Å². The maximum Gasteiger partial charge on any atom is 0.514 e. The van der Waals surface area contributed by atoms with E-state index in [4.69, 9.17) is 19.9 Å². The maximum absolute atomic E-state index is 17.3. The predicted molar refractivity (Wildman–Crippen MR) is 173 cm³/mol. The van der Waals surface area contributed by atoms with Crippen molar-refractivity contribution in [2.75, 3.05) is 19.8 Å². The van der Waals surface area contributed by atoms with Crippen LogP contribution in [-0.4, -0.2) is 93.4 Å². The number of benzene rings is 1. The van der Waals surface area contributed by atoms with Crippen molar-refractivity contribution in [3.05, 3.63) is 63.7 Å². The number of rotatable bonds is 13. The van der Waals surface area contributed by atoms with E-state index in [1.165, 1.54) is 37.3 Å². The SMILES string of the molecule is C[C@]12C=CC(=O)C=C1CC[C@H]1[C@@H]3C[C@@H](O)[C@](O)(C(=O)COC(=O)Oc4ccc(C[C@H](N)C(=O)OCCCCO[N+](=O)[O-])cc4)[C@@]3(C)C[C@H](O)[C@@]12F. The van der Waals surface area contributed by atoms with E-state index in [0.717, 1.165) is 0 Å². The Labute approximate surface area is 292 Å². The van der Waals surface area contributed by atoms with Crippen LogP contribution >= 0.6 is 0 Å². The zero-order valence-electron chi connectivity index (χ0n) is 28.3.